The van der Waals surface area contributed by atoms with Crippen LogP contribution >= 0.6 is 15.9 Å². The van der Waals surface area contributed by atoms with E-state index in [1.807, 2.05) is 0 Å². The van der Waals surface area contributed by atoms with Crippen LogP contribution in [0.5, 0.6) is 5.75 Å². The minimum absolute atomic E-state index is 0.0182. The number of non-ortho nitro benzene ring substituents is 1. The van der Waals surface area contributed by atoms with Crippen LogP contribution in [0.2, 0.25) is 0 Å². The average Bonchev–Trinajstić information content (AvgIpc) is 2.31. The first-order chi connectivity index (χ1) is 8.56. The summed E-state index contributed by atoms with van der Waals surface area (Å²) in [6, 6.07) is 4.37. The largest absolute Gasteiger partial charge is 0.489 e. The normalized spacial score (nSPS) is 19.6. The Morgan fingerprint density at radius 3 is 2.89 bits per heavy atom. The first kappa shape index (κ1) is 13.0. The Hall–Kier alpha value is -1.43. The zero-order valence-electron chi connectivity index (χ0n) is 9.60. The number of hydrogen-bond donors (Lipinski definition) is 0. The molecule has 1 atom stereocenters. The highest BCUT2D eigenvalue weighted by Gasteiger charge is 2.22. The predicted octanol–water partition coefficient (Wildman–Crippen LogP) is 3.25. The van der Waals surface area contributed by atoms with E-state index in [2.05, 4.69) is 15.9 Å². The van der Waals surface area contributed by atoms with Crippen molar-refractivity contribution in [3.05, 3.63) is 32.8 Å². The number of benzene rings is 1. The van der Waals surface area contributed by atoms with Crippen LogP contribution in [0.25, 0.3) is 0 Å². The Balaban J connectivity index is 2.14. The maximum Gasteiger partial charge on any atom is 0.273 e. The lowest BCUT2D eigenvalue weighted by Gasteiger charge is -2.22. The third-order valence-electron chi connectivity index (χ3n) is 2.86. The highest BCUT2D eigenvalue weighted by molar-refractivity contribution is 9.10. The summed E-state index contributed by atoms with van der Waals surface area (Å²) in [5.74, 6) is 0.608. The van der Waals surface area contributed by atoms with Gasteiger partial charge in [0.05, 0.1) is 15.5 Å². The molecular weight excluding hydrogens is 302 g/mol. The van der Waals surface area contributed by atoms with E-state index >= 15 is 0 Å². The van der Waals surface area contributed by atoms with Gasteiger partial charge in [-0.1, -0.05) is 0 Å². The molecule has 1 aromatic rings. The lowest BCUT2D eigenvalue weighted by Crippen LogP contribution is -2.25. The molecule has 0 radical (unpaired) electrons. The van der Waals surface area contributed by atoms with Gasteiger partial charge in [-0.2, -0.15) is 0 Å². The van der Waals surface area contributed by atoms with Crippen LogP contribution in [0.4, 0.5) is 5.69 Å². The summed E-state index contributed by atoms with van der Waals surface area (Å²) in [6.45, 7) is 0. The first-order valence-corrected chi connectivity index (χ1v) is 6.48. The van der Waals surface area contributed by atoms with Gasteiger partial charge in [0.1, 0.15) is 17.6 Å². The zero-order valence-corrected chi connectivity index (χ0v) is 11.2. The smallest absolute Gasteiger partial charge is 0.273 e. The van der Waals surface area contributed by atoms with Gasteiger partial charge in [0, 0.05) is 18.9 Å². The molecule has 1 saturated carbocycles. The van der Waals surface area contributed by atoms with E-state index in [0.29, 0.717) is 23.1 Å². The molecule has 2 rings (SSSR count). The third-order valence-corrected chi connectivity index (χ3v) is 3.51. The number of carbonyl (C=O) groups is 1. The monoisotopic (exact) mass is 313 g/mol. The van der Waals surface area contributed by atoms with Crippen molar-refractivity contribution in [3.63, 3.8) is 0 Å². The summed E-state index contributed by atoms with van der Waals surface area (Å²) in [4.78, 5) is 21.5. The van der Waals surface area contributed by atoms with Gasteiger partial charge in [-0.15, -0.1) is 0 Å². The Morgan fingerprint density at radius 2 is 2.22 bits per heavy atom. The molecule has 0 saturated heterocycles. The van der Waals surface area contributed by atoms with Crippen molar-refractivity contribution in [1.29, 1.82) is 0 Å². The number of ether oxygens (including phenoxy) is 1. The average molecular weight is 314 g/mol. The first-order valence-electron chi connectivity index (χ1n) is 5.68. The van der Waals surface area contributed by atoms with Gasteiger partial charge in [-0.05, 0) is 34.8 Å². The van der Waals surface area contributed by atoms with Gasteiger partial charge in [-0.3, -0.25) is 14.9 Å². The Kier molecular flexibility index (Phi) is 3.96. The van der Waals surface area contributed by atoms with Crippen molar-refractivity contribution in [3.8, 4) is 5.75 Å². The van der Waals surface area contributed by atoms with Gasteiger partial charge < -0.3 is 4.74 Å². The van der Waals surface area contributed by atoms with E-state index in [9.17, 15) is 14.9 Å². The fraction of sp³-hybridized carbons (Fsp3) is 0.417. The molecule has 1 aliphatic rings. The summed E-state index contributed by atoms with van der Waals surface area (Å²) >= 11 is 3.29. The van der Waals surface area contributed by atoms with Crippen LogP contribution < -0.4 is 4.74 Å². The van der Waals surface area contributed by atoms with Crippen LogP contribution in [0, 0.1) is 10.1 Å². The van der Waals surface area contributed by atoms with Crippen LogP contribution in [-0.4, -0.2) is 16.8 Å². The second-order valence-electron chi connectivity index (χ2n) is 4.25. The quantitative estimate of drug-likeness (QED) is 0.634. The number of carbonyl (C=O) groups excluding carboxylic acids is 1. The number of nitrogens with zero attached hydrogens (tertiary/aromatic N) is 1. The zero-order chi connectivity index (χ0) is 13.1. The third kappa shape index (κ3) is 3.07. The van der Waals surface area contributed by atoms with Crippen molar-refractivity contribution in [2.75, 3.05) is 0 Å². The summed E-state index contributed by atoms with van der Waals surface area (Å²) in [5, 5.41) is 10.7. The van der Waals surface area contributed by atoms with Crippen molar-refractivity contribution < 1.29 is 14.5 Å². The van der Waals surface area contributed by atoms with Gasteiger partial charge in [0.2, 0.25) is 0 Å². The fourth-order valence-electron chi connectivity index (χ4n) is 1.96. The molecular formula is C12H12BrNO4. The minimum atomic E-state index is -0.467. The van der Waals surface area contributed by atoms with Gasteiger partial charge in [0.15, 0.2) is 0 Å². The lowest BCUT2D eigenvalue weighted by atomic mass is 9.96. The van der Waals surface area contributed by atoms with E-state index in [1.54, 1.807) is 6.07 Å². The van der Waals surface area contributed by atoms with Crippen molar-refractivity contribution in [2.24, 2.45) is 0 Å². The molecule has 0 aromatic heterocycles. The topological polar surface area (TPSA) is 69.4 Å². The number of ketones is 1. The van der Waals surface area contributed by atoms with E-state index in [1.165, 1.54) is 12.1 Å². The molecule has 6 heteroatoms. The SMILES string of the molecule is O=C1CCCC(Oc2cc([N+](=O)[O-])ccc2Br)C1. The number of Topliss-reactive ketones (excluding diaryl/α,β-unsaturated/α-hetero) is 1. The van der Waals surface area contributed by atoms with E-state index in [4.69, 9.17) is 4.74 Å². The molecule has 18 heavy (non-hydrogen) atoms. The highest BCUT2D eigenvalue weighted by Crippen LogP contribution is 2.32. The van der Waals surface area contributed by atoms with Crippen molar-refractivity contribution in [1.82, 2.24) is 0 Å². The molecule has 1 aromatic carbocycles. The Labute approximate surface area is 112 Å². The highest BCUT2D eigenvalue weighted by atomic mass is 79.9. The summed E-state index contributed by atoms with van der Waals surface area (Å²) in [5.41, 5.74) is -0.0182. The predicted molar refractivity (Wildman–Crippen MR) is 68.7 cm³/mol. The number of halogens is 1. The number of hydrogen-bond acceptors (Lipinski definition) is 4. The minimum Gasteiger partial charge on any atom is -0.489 e. The van der Waals surface area contributed by atoms with Crippen LogP contribution in [-0.2, 0) is 4.79 Å². The van der Waals surface area contributed by atoms with Gasteiger partial charge in [-0.25, -0.2) is 0 Å². The summed E-state index contributed by atoms with van der Waals surface area (Å²) < 4.78 is 6.33. The van der Waals surface area contributed by atoms with Crippen LogP contribution in [0.1, 0.15) is 25.7 Å². The molecule has 1 aliphatic carbocycles. The molecule has 0 N–H and O–H groups in total. The summed E-state index contributed by atoms with van der Waals surface area (Å²) in [7, 11) is 0. The molecule has 0 amide bonds. The molecule has 0 spiro atoms. The maximum atomic E-state index is 11.3. The molecule has 0 heterocycles. The standard InChI is InChI=1S/C12H12BrNO4/c13-11-5-4-8(14(16)17)6-12(11)18-10-3-1-2-9(15)7-10/h4-6,10H,1-3,7H2. The maximum absolute atomic E-state index is 11.3. The van der Waals surface area contributed by atoms with Gasteiger partial charge >= 0.3 is 0 Å². The number of nitro benzene ring substituents is 1. The fourth-order valence-corrected chi connectivity index (χ4v) is 2.30. The molecule has 1 unspecified atom stereocenters. The molecule has 0 bridgehead atoms. The van der Waals surface area contributed by atoms with E-state index < -0.39 is 4.92 Å². The Morgan fingerprint density at radius 1 is 1.44 bits per heavy atom. The number of nitro groups is 1. The number of rotatable bonds is 3. The molecule has 96 valence electrons. The van der Waals surface area contributed by atoms with Gasteiger partial charge in [0.25, 0.3) is 5.69 Å². The lowest BCUT2D eigenvalue weighted by molar-refractivity contribution is -0.385. The van der Waals surface area contributed by atoms with Crippen LogP contribution in [0.3, 0.4) is 0 Å². The van der Waals surface area contributed by atoms with E-state index in [0.717, 1.165) is 12.8 Å². The molecule has 0 aliphatic heterocycles. The second-order valence-corrected chi connectivity index (χ2v) is 5.10. The van der Waals surface area contributed by atoms with Crippen molar-refractivity contribution >= 4 is 27.4 Å². The summed E-state index contributed by atoms with van der Waals surface area (Å²) in [6.07, 6.45) is 2.44. The Bertz CT molecular complexity index is 489. The molecule has 5 nitrogen and oxygen atoms in total. The van der Waals surface area contributed by atoms with Crippen LogP contribution in [0.15, 0.2) is 22.7 Å². The second kappa shape index (κ2) is 5.48. The van der Waals surface area contributed by atoms with E-state index in [-0.39, 0.29) is 17.6 Å². The molecule has 1 fully saturated rings. The van der Waals surface area contributed by atoms with Crippen molar-refractivity contribution in [2.45, 2.75) is 31.8 Å².